The lowest BCUT2D eigenvalue weighted by Gasteiger charge is -2.42. The zero-order chi connectivity index (χ0) is 15.9. The van der Waals surface area contributed by atoms with Crippen LogP contribution in [-0.2, 0) is 17.7 Å². The van der Waals surface area contributed by atoms with E-state index in [4.69, 9.17) is 4.74 Å². The van der Waals surface area contributed by atoms with Crippen molar-refractivity contribution < 1.29 is 9.53 Å². The van der Waals surface area contributed by atoms with E-state index in [0.29, 0.717) is 5.82 Å². The summed E-state index contributed by atoms with van der Waals surface area (Å²) in [5.41, 5.74) is 1.26. The summed E-state index contributed by atoms with van der Waals surface area (Å²) in [7, 11) is 0. The third kappa shape index (κ3) is 2.69. The van der Waals surface area contributed by atoms with Crippen molar-refractivity contribution in [1.29, 1.82) is 0 Å². The van der Waals surface area contributed by atoms with Gasteiger partial charge in [-0.2, -0.15) is 0 Å². The van der Waals surface area contributed by atoms with E-state index in [1.165, 1.54) is 5.57 Å². The van der Waals surface area contributed by atoms with Crippen LogP contribution in [0.5, 0.6) is 0 Å². The highest BCUT2D eigenvalue weighted by Gasteiger charge is 2.38. The minimum Gasteiger partial charge on any atom is -0.370 e. The summed E-state index contributed by atoms with van der Waals surface area (Å²) >= 11 is 0. The first kappa shape index (κ1) is 14.9. The topological polar surface area (TPSA) is 60.2 Å². The lowest BCUT2D eigenvalue weighted by atomic mass is 9.87. The van der Waals surface area contributed by atoms with Crippen molar-refractivity contribution in [1.82, 2.24) is 19.7 Å². The Morgan fingerprint density at radius 2 is 2.00 bits per heavy atom. The number of nitrogens with zero attached hydrogens (tertiary/aromatic N) is 4. The van der Waals surface area contributed by atoms with E-state index in [2.05, 4.69) is 23.2 Å². The summed E-state index contributed by atoms with van der Waals surface area (Å²) in [6.45, 7) is 5.29. The Hall–Kier alpha value is -1.69. The molecular formula is C17H24N4O2. The Kier molecular flexibility index (Phi) is 3.71. The zero-order valence-electron chi connectivity index (χ0n) is 13.8. The summed E-state index contributed by atoms with van der Waals surface area (Å²) < 4.78 is 8.05. The number of carbonyl (C=O) groups is 1. The smallest absolute Gasteiger partial charge is 0.291 e. The van der Waals surface area contributed by atoms with E-state index in [1.807, 2.05) is 9.47 Å². The van der Waals surface area contributed by atoms with Gasteiger partial charge in [0, 0.05) is 26.1 Å². The maximum Gasteiger partial charge on any atom is 0.291 e. The molecule has 1 fully saturated rings. The summed E-state index contributed by atoms with van der Waals surface area (Å²) in [4.78, 5) is 14.7. The largest absolute Gasteiger partial charge is 0.370 e. The number of fused-ring (bicyclic) bond motifs is 1. The number of aryl methyl sites for hydroxylation is 1. The van der Waals surface area contributed by atoms with E-state index >= 15 is 0 Å². The van der Waals surface area contributed by atoms with Crippen molar-refractivity contribution >= 4 is 5.91 Å². The zero-order valence-corrected chi connectivity index (χ0v) is 13.8. The number of hydrogen-bond acceptors (Lipinski definition) is 4. The van der Waals surface area contributed by atoms with E-state index in [9.17, 15) is 4.79 Å². The molecule has 3 aliphatic rings. The van der Waals surface area contributed by atoms with Crippen LogP contribution in [0, 0.1) is 0 Å². The molecule has 6 nitrogen and oxygen atoms in total. The third-order valence-electron chi connectivity index (χ3n) is 5.34. The van der Waals surface area contributed by atoms with Gasteiger partial charge in [-0.1, -0.05) is 11.6 Å². The average molecular weight is 316 g/mol. The molecule has 0 N–H and O–H groups in total. The number of hydrogen-bond donors (Lipinski definition) is 0. The van der Waals surface area contributed by atoms with Crippen LogP contribution in [-0.4, -0.2) is 50.9 Å². The van der Waals surface area contributed by atoms with Gasteiger partial charge in [0.25, 0.3) is 5.91 Å². The maximum atomic E-state index is 12.8. The van der Waals surface area contributed by atoms with Gasteiger partial charge in [0.1, 0.15) is 5.82 Å². The highest BCUT2D eigenvalue weighted by Crippen LogP contribution is 2.33. The van der Waals surface area contributed by atoms with Crippen molar-refractivity contribution in [3.05, 3.63) is 23.3 Å². The van der Waals surface area contributed by atoms with Gasteiger partial charge in [0.2, 0.25) is 5.82 Å². The van der Waals surface area contributed by atoms with Gasteiger partial charge in [0.15, 0.2) is 0 Å². The molecule has 1 saturated heterocycles. The summed E-state index contributed by atoms with van der Waals surface area (Å²) in [5.74, 6) is 1.51. The second-order valence-electron chi connectivity index (χ2n) is 6.99. The number of rotatable bonds is 1. The Balaban J connectivity index is 1.47. The minimum absolute atomic E-state index is 0.0250. The van der Waals surface area contributed by atoms with Crippen LogP contribution in [0.3, 0.4) is 0 Å². The lowest BCUT2D eigenvalue weighted by molar-refractivity contribution is -0.0524. The van der Waals surface area contributed by atoms with Gasteiger partial charge in [-0.15, -0.1) is 10.2 Å². The van der Waals surface area contributed by atoms with Crippen LogP contribution in [0.1, 0.15) is 55.5 Å². The molecule has 0 saturated carbocycles. The number of piperidine rings is 1. The molecular weight excluding hydrogens is 292 g/mol. The number of carbonyl (C=O) groups excluding carboxylic acids is 1. The molecule has 1 aromatic heterocycles. The molecule has 3 aliphatic heterocycles. The standard InChI is InChI=1S/C17H24N4O2/c1-13-5-11-23-17(12-13)6-9-20(10-7-17)16(22)15-19-18-14-4-2-3-8-21(14)15/h12H,2-11H2,1H3. The molecule has 23 heavy (non-hydrogen) atoms. The van der Waals surface area contributed by atoms with Crippen molar-refractivity contribution in [3.63, 3.8) is 0 Å². The van der Waals surface area contributed by atoms with E-state index in [0.717, 1.165) is 70.6 Å². The number of ether oxygens (including phenoxy) is 1. The second kappa shape index (κ2) is 5.74. The van der Waals surface area contributed by atoms with Crippen molar-refractivity contribution in [3.8, 4) is 0 Å². The predicted molar refractivity (Wildman–Crippen MR) is 85.2 cm³/mol. The predicted octanol–water partition coefficient (Wildman–Crippen LogP) is 1.96. The Morgan fingerprint density at radius 3 is 2.78 bits per heavy atom. The molecule has 0 bridgehead atoms. The summed E-state index contributed by atoms with van der Waals surface area (Å²) in [6, 6.07) is 0. The summed E-state index contributed by atoms with van der Waals surface area (Å²) in [5, 5.41) is 8.36. The molecule has 0 aliphatic carbocycles. The van der Waals surface area contributed by atoms with Gasteiger partial charge in [0.05, 0.1) is 12.2 Å². The quantitative estimate of drug-likeness (QED) is 0.743. The fourth-order valence-corrected chi connectivity index (χ4v) is 3.96. The van der Waals surface area contributed by atoms with Crippen molar-refractivity contribution in [2.24, 2.45) is 0 Å². The molecule has 4 rings (SSSR count). The number of amides is 1. The van der Waals surface area contributed by atoms with Gasteiger partial charge >= 0.3 is 0 Å². The van der Waals surface area contributed by atoms with Crippen LogP contribution in [0.15, 0.2) is 11.6 Å². The van der Waals surface area contributed by atoms with Crippen LogP contribution in [0.4, 0.5) is 0 Å². The molecule has 0 atom stereocenters. The minimum atomic E-state index is -0.149. The molecule has 1 amide bonds. The van der Waals surface area contributed by atoms with Crippen LogP contribution >= 0.6 is 0 Å². The lowest BCUT2D eigenvalue weighted by Crippen LogP contribution is -2.48. The van der Waals surface area contributed by atoms with Gasteiger partial charge in [-0.05, 0) is 39.0 Å². The highest BCUT2D eigenvalue weighted by atomic mass is 16.5. The third-order valence-corrected chi connectivity index (χ3v) is 5.34. The van der Waals surface area contributed by atoms with Crippen molar-refractivity contribution in [2.45, 2.75) is 57.6 Å². The van der Waals surface area contributed by atoms with E-state index in [1.54, 1.807) is 0 Å². The molecule has 1 aromatic rings. The van der Waals surface area contributed by atoms with E-state index < -0.39 is 0 Å². The molecule has 124 valence electrons. The fourth-order valence-electron chi connectivity index (χ4n) is 3.96. The van der Waals surface area contributed by atoms with Crippen LogP contribution in [0.25, 0.3) is 0 Å². The van der Waals surface area contributed by atoms with Crippen LogP contribution in [0.2, 0.25) is 0 Å². The average Bonchev–Trinajstić information content (AvgIpc) is 2.99. The van der Waals surface area contributed by atoms with Gasteiger partial charge in [-0.3, -0.25) is 4.79 Å². The molecule has 0 unspecified atom stereocenters. The number of likely N-dealkylation sites (tertiary alicyclic amines) is 1. The molecule has 1 spiro atoms. The molecule has 0 aromatic carbocycles. The van der Waals surface area contributed by atoms with Gasteiger partial charge < -0.3 is 14.2 Å². The first-order valence-corrected chi connectivity index (χ1v) is 8.71. The van der Waals surface area contributed by atoms with E-state index in [-0.39, 0.29) is 11.5 Å². The van der Waals surface area contributed by atoms with Crippen molar-refractivity contribution in [2.75, 3.05) is 19.7 Å². The molecule has 6 heteroatoms. The Bertz CT molecular complexity index is 641. The maximum absolute atomic E-state index is 12.8. The molecule has 0 radical (unpaired) electrons. The highest BCUT2D eigenvalue weighted by molar-refractivity contribution is 5.90. The second-order valence-corrected chi connectivity index (χ2v) is 6.99. The van der Waals surface area contributed by atoms with Crippen LogP contribution < -0.4 is 0 Å². The number of aromatic nitrogens is 3. The summed E-state index contributed by atoms with van der Waals surface area (Å²) in [6.07, 6.45) is 8.22. The Morgan fingerprint density at radius 1 is 1.17 bits per heavy atom. The fraction of sp³-hybridized carbons (Fsp3) is 0.706. The normalized spacial score (nSPS) is 23.5. The first-order chi connectivity index (χ1) is 11.2. The molecule has 4 heterocycles. The van der Waals surface area contributed by atoms with Gasteiger partial charge in [-0.25, -0.2) is 0 Å². The Labute approximate surface area is 136 Å². The first-order valence-electron chi connectivity index (χ1n) is 8.71. The monoisotopic (exact) mass is 316 g/mol. The SMILES string of the molecule is CC1=CC2(CCN(C(=O)c3nnc4n3CCCC4)CC2)OCC1.